The van der Waals surface area contributed by atoms with E-state index in [1.165, 1.54) is 31.2 Å². The topological polar surface area (TPSA) is 30.5 Å². The summed E-state index contributed by atoms with van der Waals surface area (Å²) < 4.78 is 11.3. The first-order chi connectivity index (χ1) is 10.3. The van der Waals surface area contributed by atoms with Crippen LogP contribution in [0.5, 0.6) is 5.75 Å². The lowest BCUT2D eigenvalue weighted by molar-refractivity contribution is 0.0851. The molecule has 0 aromatic heterocycles. The molecule has 1 N–H and O–H groups in total. The molecule has 2 saturated heterocycles. The number of methoxy groups -OCH3 is 1. The van der Waals surface area contributed by atoms with Crippen LogP contribution in [0.2, 0.25) is 0 Å². The molecule has 0 radical (unpaired) electrons. The molecule has 3 heteroatoms. The van der Waals surface area contributed by atoms with Crippen LogP contribution in [0.4, 0.5) is 0 Å². The third kappa shape index (κ3) is 3.41. The van der Waals surface area contributed by atoms with Gasteiger partial charge in [-0.05, 0) is 56.3 Å². The molecule has 4 atom stereocenters. The highest BCUT2D eigenvalue weighted by Crippen LogP contribution is 2.41. The first-order valence-electron chi connectivity index (χ1n) is 8.32. The van der Waals surface area contributed by atoms with Gasteiger partial charge in [0.25, 0.3) is 0 Å². The summed E-state index contributed by atoms with van der Waals surface area (Å²) in [6, 6.07) is 9.06. The van der Waals surface area contributed by atoms with Gasteiger partial charge in [-0.2, -0.15) is 0 Å². The highest BCUT2D eigenvalue weighted by molar-refractivity contribution is 5.27. The van der Waals surface area contributed by atoms with Gasteiger partial charge in [-0.1, -0.05) is 19.1 Å². The van der Waals surface area contributed by atoms with Crippen LogP contribution in [-0.2, 0) is 11.2 Å². The number of fused-ring (bicyclic) bond motifs is 2. The Labute approximate surface area is 128 Å². The fraction of sp³-hybridized carbons (Fsp3) is 0.667. The van der Waals surface area contributed by atoms with Crippen LogP contribution in [0.3, 0.4) is 0 Å². The molecule has 2 heterocycles. The predicted octanol–water partition coefficient (Wildman–Crippen LogP) is 3.17. The van der Waals surface area contributed by atoms with Crippen LogP contribution >= 0.6 is 0 Å². The maximum absolute atomic E-state index is 6.04. The third-order valence-electron chi connectivity index (χ3n) is 5.04. The molecule has 2 aliphatic heterocycles. The quantitative estimate of drug-likeness (QED) is 0.836. The number of hydrogen-bond acceptors (Lipinski definition) is 3. The molecule has 1 aromatic rings. The summed E-state index contributed by atoms with van der Waals surface area (Å²) >= 11 is 0. The molecule has 0 saturated carbocycles. The standard InChI is InChI=1S/C18H27NO2/c1-3-19-17(16-12-15-9-11-18(16)21-15)10-6-13-4-7-14(20-2)8-5-13/h4-5,7-8,15-19H,3,6,9-12H2,1-2H3. The van der Waals surface area contributed by atoms with E-state index in [4.69, 9.17) is 9.47 Å². The van der Waals surface area contributed by atoms with Crippen LogP contribution < -0.4 is 10.1 Å². The second-order valence-electron chi connectivity index (χ2n) is 6.32. The maximum atomic E-state index is 6.04. The summed E-state index contributed by atoms with van der Waals surface area (Å²) in [5.41, 5.74) is 1.39. The van der Waals surface area contributed by atoms with E-state index in [1.807, 2.05) is 0 Å². The molecule has 116 valence electrons. The summed E-state index contributed by atoms with van der Waals surface area (Å²) in [6.07, 6.45) is 7.16. The van der Waals surface area contributed by atoms with E-state index in [9.17, 15) is 0 Å². The highest BCUT2D eigenvalue weighted by atomic mass is 16.5. The van der Waals surface area contributed by atoms with E-state index in [0.29, 0.717) is 24.2 Å². The van der Waals surface area contributed by atoms with E-state index in [0.717, 1.165) is 18.7 Å². The molecule has 0 amide bonds. The minimum Gasteiger partial charge on any atom is -0.497 e. The Balaban J connectivity index is 1.57. The lowest BCUT2D eigenvalue weighted by Gasteiger charge is -2.29. The zero-order chi connectivity index (χ0) is 14.7. The summed E-state index contributed by atoms with van der Waals surface area (Å²) in [7, 11) is 1.71. The zero-order valence-corrected chi connectivity index (χ0v) is 13.2. The number of nitrogens with one attached hydrogen (secondary N) is 1. The van der Waals surface area contributed by atoms with Crippen molar-refractivity contribution in [2.45, 2.75) is 57.3 Å². The van der Waals surface area contributed by atoms with Crippen molar-refractivity contribution in [3.63, 3.8) is 0 Å². The molecular weight excluding hydrogens is 262 g/mol. The highest BCUT2D eigenvalue weighted by Gasteiger charge is 2.43. The van der Waals surface area contributed by atoms with E-state index in [2.05, 4.69) is 36.5 Å². The second kappa shape index (κ2) is 6.80. The SMILES string of the molecule is CCNC(CCc1ccc(OC)cc1)C1CC2CCC1O2. The number of benzene rings is 1. The van der Waals surface area contributed by atoms with Gasteiger partial charge in [-0.25, -0.2) is 0 Å². The third-order valence-corrected chi connectivity index (χ3v) is 5.04. The monoisotopic (exact) mass is 289 g/mol. The van der Waals surface area contributed by atoms with Gasteiger partial charge in [0, 0.05) is 12.0 Å². The van der Waals surface area contributed by atoms with Crippen LogP contribution in [0.1, 0.15) is 38.2 Å². The van der Waals surface area contributed by atoms with Gasteiger partial charge in [-0.3, -0.25) is 0 Å². The summed E-state index contributed by atoms with van der Waals surface area (Å²) in [5.74, 6) is 1.64. The second-order valence-corrected chi connectivity index (χ2v) is 6.32. The average molecular weight is 289 g/mol. The molecule has 21 heavy (non-hydrogen) atoms. The van der Waals surface area contributed by atoms with Crippen molar-refractivity contribution in [3.05, 3.63) is 29.8 Å². The number of ether oxygens (including phenoxy) is 2. The Morgan fingerprint density at radius 2 is 2.10 bits per heavy atom. The van der Waals surface area contributed by atoms with E-state index < -0.39 is 0 Å². The molecule has 0 spiro atoms. The smallest absolute Gasteiger partial charge is 0.118 e. The Bertz CT molecular complexity index is 445. The Hall–Kier alpha value is -1.06. The summed E-state index contributed by atoms with van der Waals surface area (Å²) in [4.78, 5) is 0. The molecule has 3 nitrogen and oxygen atoms in total. The molecular formula is C18H27NO2. The maximum Gasteiger partial charge on any atom is 0.118 e. The van der Waals surface area contributed by atoms with Crippen molar-refractivity contribution in [1.29, 1.82) is 0 Å². The Morgan fingerprint density at radius 1 is 1.29 bits per heavy atom. The van der Waals surface area contributed by atoms with Crippen molar-refractivity contribution < 1.29 is 9.47 Å². The molecule has 2 fully saturated rings. The Kier molecular flexibility index (Phi) is 4.81. The van der Waals surface area contributed by atoms with Crippen molar-refractivity contribution in [1.82, 2.24) is 5.32 Å². The first-order valence-corrected chi connectivity index (χ1v) is 8.32. The Morgan fingerprint density at radius 3 is 2.67 bits per heavy atom. The van der Waals surface area contributed by atoms with Gasteiger partial charge >= 0.3 is 0 Å². The van der Waals surface area contributed by atoms with Gasteiger partial charge in [0.1, 0.15) is 5.75 Å². The molecule has 1 aromatic carbocycles. The van der Waals surface area contributed by atoms with Crippen LogP contribution in [-0.4, -0.2) is 31.9 Å². The fourth-order valence-electron chi connectivity index (χ4n) is 3.94. The zero-order valence-electron chi connectivity index (χ0n) is 13.2. The van der Waals surface area contributed by atoms with Crippen LogP contribution in [0, 0.1) is 5.92 Å². The number of hydrogen-bond donors (Lipinski definition) is 1. The number of rotatable bonds is 7. The van der Waals surface area contributed by atoms with Crippen molar-refractivity contribution in [3.8, 4) is 5.75 Å². The van der Waals surface area contributed by atoms with Crippen molar-refractivity contribution >= 4 is 0 Å². The summed E-state index contributed by atoms with van der Waals surface area (Å²) in [5, 5.41) is 3.70. The molecule has 0 aliphatic carbocycles. The van der Waals surface area contributed by atoms with E-state index in [1.54, 1.807) is 7.11 Å². The lowest BCUT2D eigenvalue weighted by Crippen LogP contribution is -2.41. The van der Waals surface area contributed by atoms with Crippen molar-refractivity contribution in [2.75, 3.05) is 13.7 Å². The van der Waals surface area contributed by atoms with E-state index in [-0.39, 0.29) is 0 Å². The lowest BCUT2D eigenvalue weighted by atomic mass is 9.81. The minimum absolute atomic E-state index is 0.509. The first kappa shape index (κ1) is 14.9. The van der Waals surface area contributed by atoms with Gasteiger partial charge in [0.05, 0.1) is 19.3 Å². The normalized spacial score (nSPS) is 28.8. The fourth-order valence-corrected chi connectivity index (χ4v) is 3.94. The van der Waals surface area contributed by atoms with Crippen LogP contribution in [0.15, 0.2) is 24.3 Å². The van der Waals surface area contributed by atoms with E-state index >= 15 is 0 Å². The molecule has 3 rings (SSSR count). The van der Waals surface area contributed by atoms with Gasteiger partial charge < -0.3 is 14.8 Å². The number of aryl methyl sites for hydroxylation is 1. The molecule has 2 aliphatic rings. The molecule has 2 bridgehead atoms. The van der Waals surface area contributed by atoms with Crippen molar-refractivity contribution in [2.24, 2.45) is 5.92 Å². The average Bonchev–Trinajstić information content (AvgIpc) is 3.15. The summed E-state index contributed by atoms with van der Waals surface area (Å²) in [6.45, 7) is 3.25. The largest absolute Gasteiger partial charge is 0.497 e. The predicted molar refractivity (Wildman–Crippen MR) is 84.8 cm³/mol. The minimum atomic E-state index is 0.509. The van der Waals surface area contributed by atoms with Gasteiger partial charge in [0.15, 0.2) is 0 Å². The van der Waals surface area contributed by atoms with Crippen LogP contribution in [0.25, 0.3) is 0 Å². The van der Waals surface area contributed by atoms with Gasteiger partial charge in [0.2, 0.25) is 0 Å². The molecule has 4 unspecified atom stereocenters. The van der Waals surface area contributed by atoms with Gasteiger partial charge in [-0.15, -0.1) is 0 Å².